The molecule has 0 unspecified atom stereocenters. The average Bonchev–Trinajstić information content (AvgIpc) is 3.37. The van der Waals surface area contributed by atoms with Crippen LogP contribution in [0.1, 0.15) is 13.8 Å². The van der Waals surface area contributed by atoms with E-state index >= 15 is 0 Å². The molecular formula is C30H34FN4O5Si. The molecule has 0 bridgehead atoms. The van der Waals surface area contributed by atoms with Crippen molar-refractivity contribution < 1.29 is 28.1 Å². The standard InChI is InChI=1S/C30H34FN4O5Si/c1-30(2,28(36)37-3)19-39-26-15-10-23(18-32-26)21-6-8-22(9-7-21)27-33-29(40-25-13-11-24(31)12-14-25)35(34-27)20-38-16-17-41(4)5/h6-15,18H,16-17,19-20H2,1-5H3. The second-order valence-electron chi connectivity index (χ2n) is 10.4. The van der Waals surface area contributed by atoms with E-state index in [0.29, 0.717) is 24.1 Å². The maximum Gasteiger partial charge on any atom is 0.323 e. The van der Waals surface area contributed by atoms with Gasteiger partial charge in [0.1, 0.15) is 24.9 Å². The van der Waals surface area contributed by atoms with Gasteiger partial charge in [-0.25, -0.2) is 9.37 Å². The van der Waals surface area contributed by atoms with Crippen LogP contribution in [-0.4, -0.2) is 54.8 Å². The molecule has 0 fully saturated rings. The summed E-state index contributed by atoms with van der Waals surface area (Å²) >= 11 is 0. The molecule has 2 aromatic heterocycles. The number of pyridine rings is 1. The lowest BCUT2D eigenvalue weighted by Gasteiger charge is -2.21. The number of carbonyl (C=O) groups is 1. The summed E-state index contributed by atoms with van der Waals surface area (Å²) in [6.45, 7) is 8.95. The number of hydrogen-bond donors (Lipinski definition) is 0. The van der Waals surface area contributed by atoms with Crippen molar-refractivity contribution in [1.82, 2.24) is 19.7 Å². The molecule has 0 atom stereocenters. The number of carbonyl (C=O) groups excluding carboxylic acids is 1. The van der Waals surface area contributed by atoms with E-state index in [0.717, 1.165) is 22.7 Å². The molecule has 1 radical (unpaired) electrons. The van der Waals surface area contributed by atoms with Crippen molar-refractivity contribution in [3.63, 3.8) is 0 Å². The predicted molar refractivity (Wildman–Crippen MR) is 155 cm³/mol. The smallest absolute Gasteiger partial charge is 0.323 e. The zero-order chi connectivity index (χ0) is 29.4. The van der Waals surface area contributed by atoms with Crippen LogP contribution in [0.2, 0.25) is 19.1 Å². The summed E-state index contributed by atoms with van der Waals surface area (Å²) in [6.07, 6.45) is 1.72. The normalized spacial score (nSPS) is 11.5. The van der Waals surface area contributed by atoms with Crippen LogP contribution < -0.4 is 9.47 Å². The molecule has 0 aliphatic carbocycles. The monoisotopic (exact) mass is 577 g/mol. The third kappa shape index (κ3) is 8.21. The number of hydrogen-bond acceptors (Lipinski definition) is 8. The van der Waals surface area contributed by atoms with Gasteiger partial charge in [0.05, 0.1) is 12.5 Å². The highest BCUT2D eigenvalue weighted by molar-refractivity contribution is 6.55. The van der Waals surface area contributed by atoms with Crippen LogP contribution in [0.5, 0.6) is 17.6 Å². The first kappa shape index (κ1) is 29.9. The number of aromatic nitrogens is 4. The second-order valence-corrected chi connectivity index (χ2v) is 13.3. The average molecular weight is 578 g/mol. The number of rotatable bonds is 13. The molecule has 0 aliphatic heterocycles. The van der Waals surface area contributed by atoms with Gasteiger partial charge >= 0.3 is 12.0 Å². The van der Waals surface area contributed by atoms with Crippen molar-refractivity contribution in [2.24, 2.45) is 5.41 Å². The van der Waals surface area contributed by atoms with Crippen LogP contribution in [0.4, 0.5) is 4.39 Å². The Morgan fingerprint density at radius 2 is 1.66 bits per heavy atom. The number of halogens is 1. The number of esters is 1. The minimum absolute atomic E-state index is 0.150. The van der Waals surface area contributed by atoms with Crippen molar-refractivity contribution >= 4 is 14.8 Å². The van der Waals surface area contributed by atoms with E-state index in [2.05, 4.69) is 28.2 Å². The fraction of sp³-hybridized carbons (Fsp3) is 0.333. The van der Waals surface area contributed by atoms with Crippen molar-refractivity contribution in [2.75, 3.05) is 20.3 Å². The summed E-state index contributed by atoms with van der Waals surface area (Å²) in [7, 11) is 0.961. The van der Waals surface area contributed by atoms with Gasteiger partial charge in [0.25, 0.3) is 0 Å². The Kier molecular flexibility index (Phi) is 9.85. The molecule has 0 saturated heterocycles. The quantitative estimate of drug-likeness (QED) is 0.105. The third-order valence-corrected chi connectivity index (χ3v) is 7.36. The lowest BCUT2D eigenvalue weighted by molar-refractivity contribution is -0.152. The number of nitrogens with zero attached hydrogens (tertiary/aromatic N) is 4. The summed E-state index contributed by atoms with van der Waals surface area (Å²) in [5, 5.41) is 4.61. The van der Waals surface area contributed by atoms with Gasteiger partial charge in [0, 0.05) is 38.8 Å². The molecule has 4 aromatic rings. The van der Waals surface area contributed by atoms with Gasteiger partial charge in [0.2, 0.25) is 5.88 Å². The molecule has 41 heavy (non-hydrogen) atoms. The highest BCUT2D eigenvalue weighted by Crippen LogP contribution is 2.27. The Hall–Kier alpha value is -4.09. The molecule has 0 amide bonds. The number of methoxy groups -OCH3 is 1. The highest BCUT2D eigenvalue weighted by atomic mass is 28.3. The third-order valence-electron chi connectivity index (χ3n) is 6.15. The van der Waals surface area contributed by atoms with E-state index < -0.39 is 14.2 Å². The van der Waals surface area contributed by atoms with E-state index in [1.807, 2.05) is 30.3 Å². The topological polar surface area (TPSA) is 97.6 Å². The van der Waals surface area contributed by atoms with Crippen molar-refractivity contribution in [3.8, 4) is 40.2 Å². The first-order valence-electron chi connectivity index (χ1n) is 13.2. The van der Waals surface area contributed by atoms with Gasteiger partial charge in [-0.3, -0.25) is 4.79 Å². The van der Waals surface area contributed by atoms with E-state index in [9.17, 15) is 9.18 Å². The van der Waals surface area contributed by atoms with E-state index in [4.69, 9.17) is 18.9 Å². The molecule has 4 rings (SSSR count). The van der Waals surface area contributed by atoms with E-state index in [-0.39, 0.29) is 31.1 Å². The van der Waals surface area contributed by atoms with Crippen LogP contribution in [-0.2, 0) is 21.0 Å². The number of ether oxygens (including phenoxy) is 4. The minimum Gasteiger partial charge on any atom is -0.476 e. The van der Waals surface area contributed by atoms with Gasteiger partial charge in [-0.05, 0) is 55.8 Å². The van der Waals surface area contributed by atoms with Gasteiger partial charge in [-0.1, -0.05) is 37.4 Å². The van der Waals surface area contributed by atoms with Crippen LogP contribution in [0.25, 0.3) is 22.5 Å². The second kappa shape index (κ2) is 13.5. The molecule has 2 heterocycles. The summed E-state index contributed by atoms with van der Waals surface area (Å²) in [5.41, 5.74) is 1.86. The van der Waals surface area contributed by atoms with E-state index in [1.54, 1.807) is 30.8 Å². The summed E-state index contributed by atoms with van der Waals surface area (Å²) in [5.74, 6) is 0.650. The summed E-state index contributed by atoms with van der Waals surface area (Å²) in [4.78, 5) is 20.8. The molecule has 2 aromatic carbocycles. The molecule has 9 nitrogen and oxygen atoms in total. The van der Waals surface area contributed by atoms with Crippen LogP contribution in [0.3, 0.4) is 0 Å². The Morgan fingerprint density at radius 1 is 0.976 bits per heavy atom. The Bertz CT molecular complexity index is 1430. The summed E-state index contributed by atoms with van der Waals surface area (Å²) in [6, 6.07) is 18.4. The van der Waals surface area contributed by atoms with Crippen molar-refractivity contribution in [3.05, 3.63) is 72.7 Å². The fourth-order valence-corrected chi connectivity index (χ4v) is 4.24. The minimum atomic E-state index is -0.781. The maximum absolute atomic E-state index is 13.4. The molecule has 11 heteroatoms. The van der Waals surface area contributed by atoms with Crippen molar-refractivity contribution in [2.45, 2.75) is 39.7 Å². The lowest BCUT2D eigenvalue weighted by Crippen LogP contribution is -2.32. The van der Waals surface area contributed by atoms with Gasteiger partial charge in [0.15, 0.2) is 5.82 Å². The van der Waals surface area contributed by atoms with Crippen LogP contribution in [0, 0.1) is 11.2 Å². The Morgan fingerprint density at radius 3 is 2.29 bits per heavy atom. The fourth-order valence-electron chi connectivity index (χ4n) is 3.68. The highest BCUT2D eigenvalue weighted by Gasteiger charge is 2.30. The van der Waals surface area contributed by atoms with Crippen molar-refractivity contribution in [1.29, 1.82) is 0 Å². The molecule has 215 valence electrons. The zero-order valence-electron chi connectivity index (χ0n) is 23.9. The first-order valence-corrected chi connectivity index (χ1v) is 15.9. The Labute approximate surface area is 240 Å². The zero-order valence-corrected chi connectivity index (χ0v) is 24.9. The summed E-state index contributed by atoms with van der Waals surface area (Å²) < 4.78 is 37.2. The molecule has 0 aliphatic rings. The van der Waals surface area contributed by atoms with E-state index in [1.165, 1.54) is 31.4 Å². The van der Waals surface area contributed by atoms with Gasteiger partial charge in [-0.15, -0.1) is 5.10 Å². The first-order chi connectivity index (χ1) is 19.6. The Balaban J connectivity index is 1.47. The SMILES string of the molecule is COC(=O)C(C)(C)COc1ccc(-c2ccc(-c3nc(Oc4ccc(F)cc4)n(COCC[Si](C)C)n3)cc2)cn1. The lowest BCUT2D eigenvalue weighted by atomic mass is 9.95. The largest absolute Gasteiger partial charge is 0.476 e. The predicted octanol–water partition coefficient (Wildman–Crippen LogP) is 6.25. The van der Waals surface area contributed by atoms with Gasteiger partial charge < -0.3 is 18.9 Å². The van der Waals surface area contributed by atoms with Crippen LogP contribution in [0.15, 0.2) is 66.9 Å². The molecule has 0 spiro atoms. The number of benzene rings is 2. The maximum atomic E-state index is 13.4. The molecule has 0 saturated carbocycles. The van der Waals surface area contributed by atoms with Gasteiger partial charge in [-0.2, -0.15) is 9.67 Å². The molecule has 0 N–H and O–H groups in total. The van der Waals surface area contributed by atoms with Crippen LogP contribution >= 0.6 is 0 Å². The molecular weight excluding hydrogens is 543 g/mol.